The Bertz CT molecular complexity index is 516. The van der Waals surface area contributed by atoms with Gasteiger partial charge in [0, 0.05) is 12.1 Å². The van der Waals surface area contributed by atoms with Gasteiger partial charge < -0.3 is 20.1 Å². The molecular weight excluding hydrogens is 292 g/mol. The Labute approximate surface area is 130 Å². The van der Waals surface area contributed by atoms with Gasteiger partial charge in [-0.05, 0) is 38.8 Å². The maximum absolute atomic E-state index is 12.3. The van der Waals surface area contributed by atoms with Gasteiger partial charge in [0.15, 0.2) is 11.5 Å². The summed E-state index contributed by atoms with van der Waals surface area (Å²) in [7, 11) is 0. The molecule has 1 unspecified atom stereocenters. The number of ether oxygens (including phenoxy) is 2. The van der Waals surface area contributed by atoms with Crippen LogP contribution < -0.4 is 20.1 Å². The van der Waals surface area contributed by atoms with Gasteiger partial charge in [0.1, 0.15) is 0 Å². The lowest BCUT2D eigenvalue weighted by molar-refractivity contribution is -0.128. The number of carbonyl (C=O) groups is 1. The van der Waals surface area contributed by atoms with Crippen LogP contribution in [0.4, 0.5) is 0 Å². The summed E-state index contributed by atoms with van der Waals surface area (Å²) in [5.74, 6) is 1.54. The third kappa shape index (κ3) is 3.24. The monoisotopic (exact) mass is 312 g/mol. The van der Waals surface area contributed by atoms with Crippen LogP contribution in [0.25, 0.3) is 0 Å². The van der Waals surface area contributed by atoms with Gasteiger partial charge in [-0.15, -0.1) is 12.4 Å². The molecular formula is C15H21ClN2O3. The summed E-state index contributed by atoms with van der Waals surface area (Å²) in [5.41, 5.74) is 0.501. The van der Waals surface area contributed by atoms with Crippen molar-refractivity contribution in [2.24, 2.45) is 0 Å². The number of fused-ring (bicyclic) bond motifs is 1. The second-order valence-corrected chi connectivity index (χ2v) is 5.55. The molecule has 116 valence electrons. The first-order valence-corrected chi connectivity index (χ1v) is 7.10. The molecule has 1 saturated heterocycles. The molecule has 0 bridgehead atoms. The molecule has 2 heterocycles. The third-order valence-electron chi connectivity index (χ3n) is 4.04. The smallest absolute Gasteiger partial charge is 0.240 e. The predicted octanol–water partition coefficient (Wildman–Crippen LogP) is 1.99. The molecule has 0 spiro atoms. The maximum atomic E-state index is 12.3. The molecule has 2 aliphatic heterocycles. The number of hydrogen-bond donors (Lipinski definition) is 2. The minimum absolute atomic E-state index is 0. The highest BCUT2D eigenvalue weighted by Gasteiger charge is 2.34. The first-order valence-electron chi connectivity index (χ1n) is 7.10. The number of piperidine rings is 1. The predicted molar refractivity (Wildman–Crippen MR) is 81.9 cm³/mol. The van der Waals surface area contributed by atoms with Crippen LogP contribution in [0.2, 0.25) is 0 Å². The molecule has 21 heavy (non-hydrogen) atoms. The second kappa shape index (κ2) is 6.54. The van der Waals surface area contributed by atoms with Crippen LogP contribution in [0.5, 0.6) is 11.5 Å². The molecule has 1 fully saturated rings. The Balaban J connectivity index is 0.00000161. The van der Waals surface area contributed by atoms with Crippen molar-refractivity contribution in [2.45, 2.75) is 38.3 Å². The van der Waals surface area contributed by atoms with E-state index in [-0.39, 0.29) is 25.1 Å². The summed E-state index contributed by atoms with van der Waals surface area (Å²) >= 11 is 0. The van der Waals surface area contributed by atoms with Crippen LogP contribution in [0.3, 0.4) is 0 Å². The molecule has 1 amide bonds. The first kappa shape index (κ1) is 15.9. The minimum atomic E-state index is -0.451. The number of carbonyl (C=O) groups excluding carboxylic acids is 1. The van der Waals surface area contributed by atoms with E-state index in [0.29, 0.717) is 6.54 Å². The molecule has 6 heteroatoms. The summed E-state index contributed by atoms with van der Waals surface area (Å²) in [6.45, 7) is 3.58. The van der Waals surface area contributed by atoms with E-state index in [0.717, 1.165) is 42.9 Å². The highest BCUT2D eigenvalue weighted by Crippen LogP contribution is 2.35. The quantitative estimate of drug-likeness (QED) is 0.896. The second-order valence-electron chi connectivity index (χ2n) is 5.55. The van der Waals surface area contributed by atoms with Gasteiger partial charge in [-0.2, -0.15) is 0 Å². The summed E-state index contributed by atoms with van der Waals surface area (Å²) < 4.78 is 10.8. The molecule has 2 N–H and O–H groups in total. The van der Waals surface area contributed by atoms with Gasteiger partial charge in [0.2, 0.25) is 12.7 Å². The Kier molecular flexibility index (Phi) is 4.96. The lowest BCUT2D eigenvalue weighted by Crippen LogP contribution is -2.56. The Hall–Kier alpha value is -1.46. The molecule has 1 aromatic rings. The van der Waals surface area contributed by atoms with Crippen molar-refractivity contribution in [1.29, 1.82) is 0 Å². The largest absolute Gasteiger partial charge is 0.454 e. The topological polar surface area (TPSA) is 59.6 Å². The molecule has 0 radical (unpaired) electrons. The van der Waals surface area contributed by atoms with Crippen LogP contribution in [-0.4, -0.2) is 24.8 Å². The van der Waals surface area contributed by atoms with Crippen molar-refractivity contribution in [3.63, 3.8) is 0 Å². The van der Waals surface area contributed by atoms with Crippen LogP contribution in [-0.2, 0) is 11.3 Å². The highest BCUT2D eigenvalue weighted by atomic mass is 35.5. The molecule has 0 aromatic heterocycles. The van der Waals surface area contributed by atoms with Crippen molar-refractivity contribution < 1.29 is 14.3 Å². The van der Waals surface area contributed by atoms with E-state index in [1.807, 2.05) is 25.1 Å². The van der Waals surface area contributed by atoms with Crippen molar-refractivity contribution in [3.05, 3.63) is 23.8 Å². The van der Waals surface area contributed by atoms with E-state index in [9.17, 15) is 4.79 Å². The van der Waals surface area contributed by atoms with Crippen molar-refractivity contribution in [3.8, 4) is 11.5 Å². The molecule has 0 aliphatic carbocycles. The van der Waals surface area contributed by atoms with Gasteiger partial charge in [0.25, 0.3) is 0 Å². The standard InChI is InChI=1S/C15H20N2O3.ClH/c1-15(7-2-3-8-17-15)14(18)16-9-11-5-4-6-12-13(11)20-10-19-12;/h4-6,17H,2-3,7-10H2,1H3,(H,16,18);1H. The molecule has 0 saturated carbocycles. The van der Waals surface area contributed by atoms with Crippen LogP contribution in [0.1, 0.15) is 31.7 Å². The Morgan fingerprint density at radius 3 is 3.00 bits per heavy atom. The van der Waals surface area contributed by atoms with E-state index in [4.69, 9.17) is 9.47 Å². The van der Waals surface area contributed by atoms with Crippen molar-refractivity contribution in [1.82, 2.24) is 10.6 Å². The van der Waals surface area contributed by atoms with Crippen LogP contribution >= 0.6 is 12.4 Å². The summed E-state index contributed by atoms with van der Waals surface area (Å²) in [4.78, 5) is 12.3. The highest BCUT2D eigenvalue weighted by molar-refractivity contribution is 5.86. The average molecular weight is 313 g/mol. The average Bonchev–Trinajstić information content (AvgIpc) is 2.94. The number of benzene rings is 1. The van der Waals surface area contributed by atoms with Crippen molar-refractivity contribution >= 4 is 18.3 Å². The van der Waals surface area contributed by atoms with Crippen molar-refractivity contribution in [2.75, 3.05) is 13.3 Å². The number of hydrogen-bond acceptors (Lipinski definition) is 4. The fourth-order valence-electron chi connectivity index (χ4n) is 2.75. The molecule has 1 atom stereocenters. The van der Waals surface area contributed by atoms with E-state index >= 15 is 0 Å². The normalized spacial score (nSPS) is 23.3. The van der Waals surface area contributed by atoms with Gasteiger partial charge in [-0.3, -0.25) is 4.79 Å². The zero-order valence-electron chi connectivity index (χ0n) is 12.1. The fraction of sp³-hybridized carbons (Fsp3) is 0.533. The first-order chi connectivity index (χ1) is 9.69. The van der Waals surface area contributed by atoms with Crippen LogP contribution in [0.15, 0.2) is 18.2 Å². The third-order valence-corrected chi connectivity index (χ3v) is 4.04. The van der Waals surface area contributed by atoms with E-state index < -0.39 is 5.54 Å². The molecule has 2 aliphatic rings. The van der Waals surface area contributed by atoms with Crippen LogP contribution in [0, 0.1) is 0 Å². The molecule has 3 rings (SSSR count). The van der Waals surface area contributed by atoms with Gasteiger partial charge in [0.05, 0.1) is 5.54 Å². The zero-order chi connectivity index (χ0) is 14.0. The lowest BCUT2D eigenvalue weighted by Gasteiger charge is -2.33. The minimum Gasteiger partial charge on any atom is -0.454 e. The Morgan fingerprint density at radius 2 is 2.24 bits per heavy atom. The Morgan fingerprint density at radius 1 is 1.38 bits per heavy atom. The summed E-state index contributed by atoms with van der Waals surface area (Å²) in [6.07, 6.45) is 3.11. The SMILES string of the molecule is CC1(C(=O)NCc2cccc3c2OCO3)CCCCN1.Cl. The van der Waals surface area contributed by atoms with Gasteiger partial charge >= 0.3 is 0 Å². The maximum Gasteiger partial charge on any atom is 0.240 e. The number of halogens is 1. The van der Waals surface area contributed by atoms with E-state index in [1.165, 1.54) is 0 Å². The number of amides is 1. The van der Waals surface area contributed by atoms with Gasteiger partial charge in [-0.1, -0.05) is 12.1 Å². The fourth-order valence-corrected chi connectivity index (χ4v) is 2.75. The number of rotatable bonds is 3. The number of para-hydroxylation sites is 1. The number of nitrogens with one attached hydrogen (secondary N) is 2. The zero-order valence-corrected chi connectivity index (χ0v) is 12.9. The van der Waals surface area contributed by atoms with E-state index in [2.05, 4.69) is 10.6 Å². The molecule has 1 aromatic carbocycles. The van der Waals surface area contributed by atoms with Gasteiger partial charge in [-0.25, -0.2) is 0 Å². The summed E-state index contributed by atoms with van der Waals surface area (Å²) in [6, 6.07) is 5.73. The lowest BCUT2D eigenvalue weighted by atomic mass is 9.90. The summed E-state index contributed by atoms with van der Waals surface area (Å²) in [5, 5.41) is 6.32. The van der Waals surface area contributed by atoms with E-state index in [1.54, 1.807) is 0 Å². The molecule has 5 nitrogen and oxygen atoms in total.